The molecule has 2 aromatic rings. The van der Waals surface area contributed by atoms with Crippen molar-refractivity contribution in [1.29, 1.82) is 0 Å². The molecular formula is C13H14N2OS. The predicted octanol–water partition coefficient (Wildman–Crippen LogP) is 1.94. The van der Waals surface area contributed by atoms with Gasteiger partial charge in [0, 0.05) is 35.8 Å². The molecule has 1 aromatic carbocycles. The number of carbonyl (C=O) groups is 1. The van der Waals surface area contributed by atoms with Crippen molar-refractivity contribution in [3.63, 3.8) is 0 Å². The largest absolute Gasteiger partial charge is 0.361 e. The van der Waals surface area contributed by atoms with E-state index in [1.165, 1.54) is 0 Å². The Morgan fingerprint density at radius 3 is 3.12 bits per heavy atom. The van der Waals surface area contributed by atoms with Crippen molar-refractivity contribution < 1.29 is 4.79 Å². The lowest BCUT2D eigenvalue weighted by molar-refractivity contribution is -0.118. The minimum Gasteiger partial charge on any atom is -0.361 e. The van der Waals surface area contributed by atoms with Gasteiger partial charge < -0.3 is 4.98 Å². The van der Waals surface area contributed by atoms with Crippen LogP contribution in [-0.4, -0.2) is 28.4 Å². The van der Waals surface area contributed by atoms with E-state index in [0.717, 1.165) is 28.8 Å². The highest BCUT2D eigenvalue weighted by molar-refractivity contribution is 8.00. The summed E-state index contributed by atoms with van der Waals surface area (Å²) in [4.78, 5) is 15.3. The Morgan fingerprint density at radius 2 is 2.29 bits per heavy atom. The number of hydrogen-bond donors (Lipinski definition) is 2. The number of aromatic nitrogens is 1. The molecule has 1 saturated heterocycles. The second-order valence-electron chi connectivity index (χ2n) is 4.21. The molecule has 1 atom stereocenters. The molecule has 0 bridgehead atoms. The summed E-state index contributed by atoms with van der Waals surface area (Å²) in [5.74, 6) is 1.31. The Kier molecular flexibility index (Phi) is 2.91. The molecular weight excluding hydrogens is 232 g/mol. The van der Waals surface area contributed by atoms with Gasteiger partial charge in [0.15, 0.2) is 5.78 Å². The summed E-state index contributed by atoms with van der Waals surface area (Å²) in [6.07, 6.45) is 2.46. The highest BCUT2D eigenvalue weighted by Gasteiger charge is 2.23. The van der Waals surface area contributed by atoms with Gasteiger partial charge in [-0.25, -0.2) is 0 Å². The average Bonchev–Trinajstić information content (AvgIpc) is 2.98. The summed E-state index contributed by atoms with van der Waals surface area (Å²) in [7, 11) is 0. The molecule has 1 aromatic heterocycles. The first-order valence-corrected chi connectivity index (χ1v) is 6.82. The Bertz CT molecular complexity index is 543. The van der Waals surface area contributed by atoms with Crippen LogP contribution in [0.5, 0.6) is 0 Å². The van der Waals surface area contributed by atoms with Crippen LogP contribution in [-0.2, 0) is 11.2 Å². The van der Waals surface area contributed by atoms with E-state index in [-0.39, 0.29) is 11.2 Å². The number of carbonyl (C=O) groups excluding carboxylic acids is 1. The Morgan fingerprint density at radius 1 is 1.41 bits per heavy atom. The number of benzene rings is 1. The van der Waals surface area contributed by atoms with Gasteiger partial charge in [-0.1, -0.05) is 18.2 Å². The first-order valence-electron chi connectivity index (χ1n) is 5.77. The fraction of sp³-hybridized carbons (Fsp3) is 0.308. The van der Waals surface area contributed by atoms with Gasteiger partial charge in [0.25, 0.3) is 0 Å². The standard InChI is InChI=1S/C13H14N2OS/c16-12(13-14-5-6-17-13)7-9-8-15-11-4-2-1-3-10(9)11/h1-4,8,13-15H,5-7H2. The van der Waals surface area contributed by atoms with Crippen LogP contribution < -0.4 is 5.32 Å². The van der Waals surface area contributed by atoms with Crippen LogP contribution in [0.4, 0.5) is 0 Å². The first kappa shape index (κ1) is 10.9. The second kappa shape index (κ2) is 4.55. The van der Waals surface area contributed by atoms with Crippen molar-refractivity contribution in [3.05, 3.63) is 36.0 Å². The fourth-order valence-electron chi connectivity index (χ4n) is 2.19. The van der Waals surface area contributed by atoms with Crippen molar-refractivity contribution in [3.8, 4) is 0 Å². The molecule has 17 heavy (non-hydrogen) atoms. The minimum atomic E-state index is -0.0105. The molecule has 1 fully saturated rings. The van der Waals surface area contributed by atoms with E-state index in [9.17, 15) is 4.79 Å². The SMILES string of the molecule is O=C(Cc1c[nH]c2ccccc12)C1NCCS1. The van der Waals surface area contributed by atoms with Crippen molar-refractivity contribution >= 4 is 28.4 Å². The van der Waals surface area contributed by atoms with Gasteiger partial charge in [-0.3, -0.25) is 10.1 Å². The lowest BCUT2D eigenvalue weighted by Gasteiger charge is -2.07. The summed E-state index contributed by atoms with van der Waals surface area (Å²) in [6, 6.07) is 8.10. The minimum absolute atomic E-state index is 0.0105. The molecule has 3 nitrogen and oxygen atoms in total. The third-order valence-corrected chi connectivity index (χ3v) is 4.25. The van der Waals surface area contributed by atoms with Crippen LogP contribution in [0.2, 0.25) is 0 Å². The van der Waals surface area contributed by atoms with Crippen LogP contribution in [0.3, 0.4) is 0 Å². The molecule has 1 unspecified atom stereocenters. The zero-order chi connectivity index (χ0) is 11.7. The molecule has 1 aliphatic heterocycles. The van der Waals surface area contributed by atoms with Gasteiger partial charge in [0.05, 0.1) is 0 Å². The van der Waals surface area contributed by atoms with Crippen LogP contribution in [0.15, 0.2) is 30.5 Å². The summed E-state index contributed by atoms with van der Waals surface area (Å²) < 4.78 is 0. The topological polar surface area (TPSA) is 44.9 Å². The highest BCUT2D eigenvalue weighted by Crippen LogP contribution is 2.21. The number of ketones is 1. The van der Waals surface area contributed by atoms with E-state index in [1.54, 1.807) is 11.8 Å². The van der Waals surface area contributed by atoms with Crippen molar-refractivity contribution in [2.45, 2.75) is 11.8 Å². The van der Waals surface area contributed by atoms with E-state index >= 15 is 0 Å². The lowest BCUT2D eigenvalue weighted by Crippen LogP contribution is -2.29. The second-order valence-corrected chi connectivity index (χ2v) is 5.42. The maximum absolute atomic E-state index is 12.1. The van der Waals surface area contributed by atoms with Gasteiger partial charge in [-0.15, -0.1) is 11.8 Å². The van der Waals surface area contributed by atoms with Gasteiger partial charge in [0.1, 0.15) is 5.37 Å². The molecule has 2 heterocycles. The van der Waals surface area contributed by atoms with Gasteiger partial charge in [-0.05, 0) is 11.6 Å². The third kappa shape index (κ3) is 2.10. The number of thioether (sulfide) groups is 1. The van der Waals surface area contributed by atoms with Crippen molar-refractivity contribution in [2.24, 2.45) is 0 Å². The Labute approximate surface area is 104 Å². The highest BCUT2D eigenvalue weighted by atomic mass is 32.2. The average molecular weight is 246 g/mol. The zero-order valence-corrected chi connectivity index (χ0v) is 10.2. The maximum Gasteiger partial charge on any atom is 0.164 e. The molecule has 3 rings (SSSR count). The number of aromatic amines is 1. The van der Waals surface area contributed by atoms with Gasteiger partial charge in [0.2, 0.25) is 0 Å². The number of nitrogens with one attached hydrogen (secondary N) is 2. The number of Topliss-reactive ketones (excluding diaryl/α,β-unsaturated/α-hetero) is 1. The van der Waals surface area contributed by atoms with E-state index < -0.39 is 0 Å². The molecule has 2 N–H and O–H groups in total. The van der Waals surface area contributed by atoms with Gasteiger partial charge in [-0.2, -0.15) is 0 Å². The fourth-order valence-corrected chi connectivity index (χ4v) is 3.17. The number of fused-ring (bicyclic) bond motifs is 1. The summed E-state index contributed by atoms with van der Waals surface area (Å²) >= 11 is 1.71. The Balaban J connectivity index is 1.82. The van der Waals surface area contributed by atoms with Crippen molar-refractivity contribution in [2.75, 3.05) is 12.3 Å². The van der Waals surface area contributed by atoms with Gasteiger partial charge >= 0.3 is 0 Å². The Hall–Kier alpha value is -1.26. The van der Waals surface area contributed by atoms with Crippen LogP contribution >= 0.6 is 11.8 Å². The van der Waals surface area contributed by atoms with E-state index in [2.05, 4.69) is 16.4 Å². The van der Waals surface area contributed by atoms with Crippen LogP contribution in [0, 0.1) is 0 Å². The monoisotopic (exact) mass is 246 g/mol. The molecule has 0 aliphatic carbocycles. The van der Waals surface area contributed by atoms with E-state index in [4.69, 9.17) is 0 Å². The quantitative estimate of drug-likeness (QED) is 0.870. The zero-order valence-electron chi connectivity index (χ0n) is 9.40. The van der Waals surface area contributed by atoms with Crippen LogP contribution in [0.25, 0.3) is 10.9 Å². The molecule has 4 heteroatoms. The normalized spacial score (nSPS) is 19.9. The summed E-state index contributed by atoms with van der Waals surface area (Å²) in [6.45, 7) is 0.939. The maximum atomic E-state index is 12.1. The number of para-hydroxylation sites is 1. The third-order valence-electron chi connectivity index (χ3n) is 3.05. The van der Waals surface area contributed by atoms with E-state index in [0.29, 0.717) is 6.42 Å². The molecule has 0 spiro atoms. The molecule has 0 amide bonds. The van der Waals surface area contributed by atoms with Crippen LogP contribution in [0.1, 0.15) is 5.56 Å². The number of H-pyrrole nitrogens is 1. The molecule has 0 saturated carbocycles. The molecule has 88 valence electrons. The smallest absolute Gasteiger partial charge is 0.164 e. The molecule has 1 aliphatic rings. The predicted molar refractivity (Wildman–Crippen MR) is 71.3 cm³/mol. The first-order chi connectivity index (χ1) is 8.34. The lowest BCUT2D eigenvalue weighted by atomic mass is 10.1. The molecule has 0 radical (unpaired) electrons. The number of rotatable bonds is 3. The number of hydrogen-bond acceptors (Lipinski definition) is 3. The summed E-state index contributed by atoms with van der Waals surface area (Å²) in [5.41, 5.74) is 2.20. The van der Waals surface area contributed by atoms with E-state index in [1.807, 2.05) is 24.4 Å². The van der Waals surface area contributed by atoms with Crippen molar-refractivity contribution in [1.82, 2.24) is 10.3 Å². The summed E-state index contributed by atoms with van der Waals surface area (Å²) in [5, 5.41) is 4.37.